The maximum Gasteiger partial charge on any atom is 0.407 e. The molecule has 2 aromatic rings. The van der Waals surface area contributed by atoms with Crippen molar-refractivity contribution in [1.29, 1.82) is 0 Å². The van der Waals surface area contributed by atoms with Gasteiger partial charge in [0.05, 0.1) is 11.0 Å². The number of carbonyl (C=O) groups is 1. The first-order valence-corrected chi connectivity index (χ1v) is 7.43. The van der Waals surface area contributed by atoms with Gasteiger partial charge in [0.2, 0.25) is 0 Å². The number of hydrogen-bond acceptors (Lipinski definition) is 4. The van der Waals surface area contributed by atoms with E-state index in [0.29, 0.717) is 0 Å². The number of rotatable bonds is 5. The fourth-order valence-corrected chi connectivity index (χ4v) is 1.92. The third kappa shape index (κ3) is 5.95. The largest absolute Gasteiger partial charge is 0.445 e. The molecule has 0 aliphatic rings. The highest BCUT2D eigenvalue weighted by Crippen LogP contribution is 2.18. The molecule has 7 heteroatoms. The summed E-state index contributed by atoms with van der Waals surface area (Å²) in [6, 6.07) is 12.4. The second-order valence-corrected chi connectivity index (χ2v) is 4.96. The average molecular weight is 342 g/mol. The van der Waals surface area contributed by atoms with E-state index in [1.165, 1.54) is 6.07 Å². The molecule has 0 spiro atoms. The molecule has 0 radical (unpaired) electrons. The topological polar surface area (TPSA) is 81.5 Å². The Kier molecular flexibility index (Phi) is 6.48. The van der Waals surface area contributed by atoms with Crippen LogP contribution < -0.4 is 5.32 Å². The van der Waals surface area contributed by atoms with Crippen LogP contribution in [0.15, 0.2) is 48.5 Å². The minimum Gasteiger partial charge on any atom is -0.445 e. The number of hydrogen-bond donors (Lipinski definition) is 1. The summed E-state index contributed by atoms with van der Waals surface area (Å²) < 4.78 is 18.0. The molecule has 0 heterocycles. The van der Waals surface area contributed by atoms with Gasteiger partial charge >= 0.3 is 6.09 Å². The predicted octanol–water partition coefficient (Wildman–Crippen LogP) is 3.40. The first kappa shape index (κ1) is 17.9. The second-order valence-electron chi connectivity index (χ2n) is 4.96. The first-order chi connectivity index (χ1) is 12.1. The molecule has 0 atom stereocenters. The van der Waals surface area contributed by atoms with Crippen molar-refractivity contribution in [3.05, 3.63) is 75.6 Å². The van der Waals surface area contributed by atoms with E-state index in [1.807, 2.05) is 30.3 Å². The smallest absolute Gasteiger partial charge is 0.407 e. The number of nitro benzene ring substituents is 1. The summed E-state index contributed by atoms with van der Waals surface area (Å²) in [7, 11) is 0. The molecule has 0 fully saturated rings. The summed E-state index contributed by atoms with van der Waals surface area (Å²) in [4.78, 5) is 21.7. The lowest BCUT2D eigenvalue weighted by molar-refractivity contribution is -0.385. The summed E-state index contributed by atoms with van der Waals surface area (Å²) in [6.07, 6.45) is -0.298. The van der Waals surface area contributed by atoms with Crippen molar-refractivity contribution in [2.45, 2.75) is 13.0 Å². The van der Waals surface area contributed by atoms with Gasteiger partial charge in [-0.05, 0) is 17.7 Å². The standard InChI is InChI=1S/C18H15FN2O4/c19-16-10-9-15(17(12-16)21(23)24)8-4-5-11-20-18(22)25-13-14-6-2-1-3-7-14/h1-3,6-7,9-10,12H,5,11,13H2,(H,20,22). The summed E-state index contributed by atoms with van der Waals surface area (Å²) in [5.41, 5.74) is 0.613. The highest BCUT2D eigenvalue weighted by Gasteiger charge is 2.12. The van der Waals surface area contributed by atoms with E-state index in [4.69, 9.17) is 4.74 Å². The Morgan fingerprint density at radius 3 is 2.72 bits per heavy atom. The average Bonchev–Trinajstić information content (AvgIpc) is 2.61. The highest BCUT2D eigenvalue weighted by molar-refractivity contribution is 5.67. The maximum atomic E-state index is 13.0. The molecule has 2 rings (SSSR count). The number of nitrogens with one attached hydrogen (secondary N) is 1. The van der Waals surface area contributed by atoms with Crippen LogP contribution in [-0.4, -0.2) is 17.6 Å². The van der Waals surface area contributed by atoms with Crippen molar-refractivity contribution < 1.29 is 18.8 Å². The SMILES string of the molecule is O=C(NCCC#Cc1ccc(F)cc1[N+](=O)[O-])OCc1ccccc1. The summed E-state index contributed by atoms with van der Waals surface area (Å²) in [6.45, 7) is 0.399. The Hall–Kier alpha value is -3.40. The quantitative estimate of drug-likeness (QED) is 0.391. The van der Waals surface area contributed by atoms with Gasteiger partial charge in [0.1, 0.15) is 18.0 Å². The first-order valence-electron chi connectivity index (χ1n) is 7.43. The molecule has 0 aliphatic carbocycles. The zero-order valence-electron chi connectivity index (χ0n) is 13.2. The monoisotopic (exact) mass is 342 g/mol. The Labute approximate surface area is 143 Å². The van der Waals surface area contributed by atoms with E-state index in [9.17, 15) is 19.3 Å². The van der Waals surface area contributed by atoms with E-state index >= 15 is 0 Å². The van der Waals surface area contributed by atoms with Gasteiger partial charge in [-0.2, -0.15) is 0 Å². The molecule has 1 N–H and O–H groups in total. The van der Waals surface area contributed by atoms with Crippen LogP contribution in [-0.2, 0) is 11.3 Å². The molecule has 0 bridgehead atoms. The molecule has 0 saturated heterocycles. The third-order valence-electron chi connectivity index (χ3n) is 3.11. The van der Waals surface area contributed by atoms with Gasteiger partial charge in [0, 0.05) is 13.0 Å². The number of nitrogens with zero attached hydrogens (tertiary/aromatic N) is 1. The van der Waals surface area contributed by atoms with Crippen molar-refractivity contribution in [2.24, 2.45) is 0 Å². The minimum atomic E-state index is -0.694. The van der Waals surface area contributed by atoms with Crippen LogP contribution >= 0.6 is 0 Å². The van der Waals surface area contributed by atoms with Crippen molar-refractivity contribution >= 4 is 11.8 Å². The zero-order valence-corrected chi connectivity index (χ0v) is 13.2. The van der Waals surface area contributed by atoms with E-state index in [1.54, 1.807) is 0 Å². The van der Waals surface area contributed by atoms with E-state index in [2.05, 4.69) is 17.2 Å². The fourth-order valence-electron chi connectivity index (χ4n) is 1.92. The van der Waals surface area contributed by atoms with Crippen molar-refractivity contribution in [1.82, 2.24) is 5.32 Å². The van der Waals surface area contributed by atoms with Gasteiger partial charge in [-0.25, -0.2) is 9.18 Å². The molecule has 1 amide bonds. The van der Waals surface area contributed by atoms with Crippen LogP contribution in [0.5, 0.6) is 0 Å². The number of halogens is 1. The van der Waals surface area contributed by atoms with Crippen molar-refractivity contribution in [3.63, 3.8) is 0 Å². The normalized spacial score (nSPS) is 9.64. The fraction of sp³-hybridized carbons (Fsp3) is 0.167. The lowest BCUT2D eigenvalue weighted by atomic mass is 10.2. The van der Waals surface area contributed by atoms with Gasteiger partial charge in [-0.1, -0.05) is 42.2 Å². The molecular formula is C18H15FN2O4. The van der Waals surface area contributed by atoms with Gasteiger partial charge in [0.15, 0.2) is 0 Å². The lowest BCUT2D eigenvalue weighted by Gasteiger charge is -2.05. The Morgan fingerprint density at radius 1 is 1.24 bits per heavy atom. The van der Waals surface area contributed by atoms with Crippen LogP contribution in [0.3, 0.4) is 0 Å². The van der Waals surface area contributed by atoms with Crippen molar-refractivity contribution in [2.75, 3.05) is 6.54 Å². The summed E-state index contributed by atoms with van der Waals surface area (Å²) >= 11 is 0. The maximum absolute atomic E-state index is 13.0. The summed E-state index contributed by atoms with van der Waals surface area (Å²) in [5, 5.41) is 13.4. The third-order valence-corrected chi connectivity index (χ3v) is 3.11. The molecule has 0 aromatic heterocycles. The number of alkyl carbamates (subject to hydrolysis) is 1. The highest BCUT2D eigenvalue weighted by atomic mass is 19.1. The number of nitro groups is 1. The van der Waals surface area contributed by atoms with Crippen LogP contribution in [0, 0.1) is 27.8 Å². The van der Waals surface area contributed by atoms with Gasteiger partial charge in [-0.3, -0.25) is 10.1 Å². The number of benzene rings is 2. The molecule has 25 heavy (non-hydrogen) atoms. The summed E-state index contributed by atoms with van der Waals surface area (Å²) in [5.74, 6) is 4.61. The van der Waals surface area contributed by atoms with Crippen LogP contribution in [0.1, 0.15) is 17.5 Å². The van der Waals surface area contributed by atoms with Crippen LogP contribution in [0.25, 0.3) is 0 Å². The van der Waals surface area contributed by atoms with Gasteiger partial charge < -0.3 is 10.1 Å². The predicted molar refractivity (Wildman–Crippen MR) is 89.2 cm³/mol. The van der Waals surface area contributed by atoms with E-state index in [-0.39, 0.29) is 30.8 Å². The molecular weight excluding hydrogens is 327 g/mol. The number of ether oxygens (including phenoxy) is 1. The lowest BCUT2D eigenvalue weighted by Crippen LogP contribution is -2.24. The molecule has 0 aliphatic heterocycles. The number of amides is 1. The second kappa shape index (κ2) is 9.03. The number of carbonyl (C=O) groups excluding carboxylic acids is 1. The molecule has 0 saturated carbocycles. The molecule has 0 unspecified atom stereocenters. The van der Waals surface area contributed by atoms with Gasteiger partial charge in [0.25, 0.3) is 5.69 Å². The van der Waals surface area contributed by atoms with E-state index in [0.717, 1.165) is 17.7 Å². The Morgan fingerprint density at radius 2 is 2.00 bits per heavy atom. The Bertz CT molecular complexity index is 813. The molecule has 6 nitrogen and oxygen atoms in total. The molecule has 128 valence electrons. The van der Waals surface area contributed by atoms with Gasteiger partial charge in [-0.15, -0.1) is 0 Å². The van der Waals surface area contributed by atoms with Crippen LogP contribution in [0.2, 0.25) is 0 Å². The van der Waals surface area contributed by atoms with Crippen LogP contribution in [0.4, 0.5) is 14.9 Å². The Balaban J connectivity index is 1.77. The van der Waals surface area contributed by atoms with Crippen molar-refractivity contribution in [3.8, 4) is 11.8 Å². The zero-order chi connectivity index (χ0) is 18.1. The van der Waals surface area contributed by atoms with E-state index < -0.39 is 16.8 Å². The molecule has 2 aromatic carbocycles. The minimum absolute atomic E-state index is 0.123.